The van der Waals surface area contributed by atoms with Crippen molar-refractivity contribution in [3.8, 4) is 0 Å². The molecular formula is C19H25ClN6O2. The molecule has 1 fully saturated rings. The van der Waals surface area contributed by atoms with E-state index in [0.29, 0.717) is 11.9 Å². The minimum absolute atomic E-state index is 0. The molecule has 150 valence electrons. The smallest absolute Gasteiger partial charge is 0.318 e. The molecule has 8 nitrogen and oxygen atoms in total. The largest absolute Gasteiger partial charge is 0.406 e. The summed E-state index contributed by atoms with van der Waals surface area (Å²) in [5.74, 6) is 2.47. The molecule has 0 spiro atoms. The van der Waals surface area contributed by atoms with Crippen LogP contribution in [0.15, 0.2) is 39.3 Å². The lowest BCUT2D eigenvalue weighted by Crippen LogP contribution is -2.33. The molecule has 3 heterocycles. The molecule has 1 saturated heterocycles. The number of piperidine rings is 1. The molecule has 9 heteroatoms. The predicted octanol–water partition coefficient (Wildman–Crippen LogP) is 3.43. The molecule has 4 rings (SSSR count). The summed E-state index contributed by atoms with van der Waals surface area (Å²) in [4.78, 5) is 6.62. The predicted molar refractivity (Wildman–Crippen MR) is 107 cm³/mol. The van der Waals surface area contributed by atoms with Crippen molar-refractivity contribution in [2.45, 2.75) is 44.6 Å². The second-order valence-electron chi connectivity index (χ2n) is 7.22. The molecule has 1 aliphatic rings. The zero-order valence-electron chi connectivity index (χ0n) is 16.0. The lowest BCUT2D eigenvalue weighted by molar-refractivity contribution is 0.322. The van der Waals surface area contributed by atoms with E-state index in [1.54, 1.807) is 0 Å². The second-order valence-corrected chi connectivity index (χ2v) is 7.22. The first-order chi connectivity index (χ1) is 13.1. The molecule has 1 aromatic carbocycles. The number of hydrogen-bond acceptors (Lipinski definition) is 8. The Balaban J connectivity index is 0.00000225. The van der Waals surface area contributed by atoms with Crippen molar-refractivity contribution >= 4 is 18.4 Å². The number of benzene rings is 1. The van der Waals surface area contributed by atoms with Crippen LogP contribution in [0, 0.1) is 0 Å². The highest BCUT2D eigenvalue weighted by atomic mass is 35.5. The van der Waals surface area contributed by atoms with Gasteiger partial charge in [-0.1, -0.05) is 54.4 Å². The van der Waals surface area contributed by atoms with Crippen LogP contribution >= 0.6 is 12.4 Å². The quantitative estimate of drug-likeness (QED) is 0.689. The molecule has 0 saturated carbocycles. The Labute approximate surface area is 169 Å². The van der Waals surface area contributed by atoms with Crippen LogP contribution in [0.2, 0.25) is 0 Å². The molecule has 1 atom stereocenters. The maximum Gasteiger partial charge on any atom is 0.318 e. The molecule has 0 aliphatic carbocycles. The van der Waals surface area contributed by atoms with Crippen molar-refractivity contribution < 1.29 is 8.94 Å². The Kier molecular flexibility index (Phi) is 6.31. The molecule has 0 amide bonds. The summed E-state index contributed by atoms with van der Waals surface area (Å²) in [7, 11) is 0. The number of aromatic nitrogens is 4. The van der Waals surface area contributed by atoms with Gasteiger partial charge in [0.1, 0.15) is 6.04 Å². The van der Waals surface area contributed by atoms with Crippen LogP contribution in [0.3, 0.4) is 0 Å². The highest BCUT2D eigenvalue weighted by molar-refractivity contribution is 5.85. The van der Waals surface area contributed by atoms with E-state index in [2.05, 4.69) is 39.1 Å². The van der Waals surface area contributed by atoms with Crippen molar-refractivity contribution in [2.24, 2.45) is 5.73 Å². The number of nitrogens with zero attached hydrogens (tertiary/aromatic N) is 5. The van der Waals surface area contributed by atoms with Crippen molar-refractivity contribution in [3.05, 3.63) is 53.5 Å². The van der Waals surface area contributed by atoms with Crippen LogP contribution in [-0.4, -0.2) is 33.4 Å². The normalized spacial score (nSPS) is 16.2. The van der Waals surface area contributed by atoms with Gasteiger partial charge < -0.3 is 19.6 Å². The number of hydrogen-bond donors (Lipinski definition) is 1. The number of rotatable bonds is 5. The Morgan fingerprint density at radius 2 is 1.82 bits per heavy atom. The topological polar surface area (TPSA) is 107 Å². The average Bonchev–Trinajstić information content (AvgIpc) is 3.38. The van der Waals surface area contributed by atoms with Crippen LogP contribution in [0.25, 0.3) is 0 Å². The first-order valence-corrected chi connectivity index (χ1v) is 9.34. The first kappa shape index (κ1) is 20.3. The molecule has 0 unspecified atom stereocenters. The highest BCUT2D eigenvalue weighted by Crippen LogP contribution is 2.30. The summed E-state index contributed by atoms with van der Waals surface area (Å²) in [5, 5.41) is 12.4. The third kappa shape index (κ3) is 4.18. The van der Waals surface area contributed by atoms with Crippen molar-refractivity contribution in [2.75, 3.05) is 18.0 Å². The standard InChI is InChI=1S/C19H24N6O2.ClH/c1-12(2)16-21-17(27-24-16)14-8-10-25(11-9-14)19-23-22-18(26-19)15(20)13-6-4-3-5-7-13;/h3-7,12,14-15H,8-11,20H2,1-2H3;1H/t15-;/m1./s1. The van der Waals surface area contributed by atoms with E-state index in [1.165, 1.54) is 0 Å². The van der Waals surface area contributed by atoms with Gasteiger partial charge in [0.05, 0.1) is 0 Å². The zero-order valence-corrected chi connectivity index (χ0v) is 16.8. The van der Waals surface area contributed by atoms with Gasteiger partial charge in [-0.3, -0.25) is 0 Å². The molecule has 3 aromatic rings. The Morgan fingerprint density at radius 1 is 1.11 bits per heavy atom. The molecule has 1 aliphatic heterocycles. The van der Waals surface area contributed by atoms with Gasteiger partial charge in [-0.2, -0.15) is 4.98 Å². The Hall–Kier alpha value is -2.45. The summed E-state index contributed by atoms with van der Waals surface area (Å²) in [6, 6.07) is 9.85. The number of anilines is 1. The molecule has 2 aromatic heterocycles. The summed E-state index contributed by atoms with van der Waals surface area (Å²) in [6.07, 6.45) is 1.81. The van der Waals surface area contributed by atoms with Gasteiger partial charge in [-0.25, -0.2) is 0 Å². The van der Waals surface area contributed by atoms with Crippen LogP contribution in [0.4, 0.5) is 6.01 Å². The maximum atomic E-state index is 6.24. The van der Waals surface area contributed by atoms with E-state index in [1.807, 2.05) is 30.3 Å². The fraction of sp³-hybridized carbons (Fsp3) is 0.474. The van der Waals surface area contributed by atoms with E-state index >= 15 is 0 Å². The van der Waals surface area contributed by atoms with E-state index in [9.17, 15) is 0 Å². The number of nitrogens with two attached hydrogens (primary N) is 1. The molecular weight excluding hydrogens is 380 g/mol. The molecule has 0 bridgehead atoms. The zero-order chi connectivity index (χ0) is 18.8. The van der Waals surface area contributed by atoms with E-state index in [4.69, 9.17) is 14.7 Å². The average molecular weight is 405 g/mol. The molecule has 2 N–H and O–H groups in total. The monoisotopic (exact) mass is 404 g/mol. The molecule has 0 radical (unpaired) electrons. The first-order valence-electron chi connectivity index (χ1n) is 9.34. The lowest BCUT2D eigenvalue weighted by atomic mass is 9.97. The van der Waals surface area contributed by atoms with E-state index in [0.717, 1.165) is 43.2 Å². The summed E-state index contributed by atoms with van der Waals surface area (Å²) in [5.41, 5.74) is 7.19. The fourth-order valence-corrected chi connectivity index (χ4v) is 3.25. The second kappa shape index (κ2) is 8.70. The van der Waals surface area contributed by atoms with Gasteiger partial charge in [0.15, 0.2) is 5.82 Å². The maximum absolute atomic E-state index is 6.24. The van der Waals surface area contributed by atoms with Gasteiger partial charge in [-0.15, -0.1) is 17.5 Å². The summed E-state index contributed by atoms with van der Waals surface area (Å²) in [6.45, 7) is 5.72. The van der Waals surface area contributed by atoms with Gasteiger partial charge >= 0.3 is 6.01 Å². The third-order valence-corrected chi connectivity index (χ3v) is 4.94. The van der Waals surface area contributed by atoms with Crippen molar-refractivity contribution in [1.82, 2.24) is 20.3 Å². The van der Waals surface area contributed by atoms with Crippen molar-refractivity contribution in [1.29, 1.82) is 0 Å². The highest BCUT2D eigenvalue weighted by Gasteiger charge is 2.28. The van der Waals surface area contributed by atoms with Crippen LogP contribution < -0.4 is 10.6 Å². The summed E-state index contributed by atoms with van der Waals surface area (Å²) < 4.78 is 11.3. The van der Waals surface area contributed by atoms with Gasteiger partial charge in [-0.05, 0) is 18.4 Å². The van der Waals surface area contributed by atoms with Crippen LogP contribution in [-0.2, 0) is 0 Å². The lowest BCUT2D eigenvalue weighted by Gasteiger charge is -2.28. The van der Waals surface area contributed by atoms with E-state index < -0.39 is 6.04 Å². The minimum atomic E-state index is -0.419. The van der Waals surface area contributed by atoms with Gasteiger partial charge in [0, 0.05) is 24.9 Å². The van der Waals surface area contributed by atoms with Gasteiger partial charge in [0.25, 0.3) is 0 Å². The summed E-state index contributed by atoms with van der Waals surface area (Å²) >= 11 is 0. The minimum Gasteiger partial charge on any atom is -0.406 e. The van der Waals surface area contributed by atoms with Crippen molar-refractivity contribution in [3.63, 3.8) is 0 Å². The SMILES string of the molecule is CC(C)c1noc(C2CCN(c3nnc([C@H](N)c4ccccc4)o3)CC2)n1.Cl. The Morgan fingerprint density at radius 3 is 2.46 bits per heavy atom. The van der Waals surface area contributed by atoms with Crippen LogP contribution in [0.5, 0.6) is 0 Å². The third-order valence-electron chi connectivity index (χ3n) is 4.94. The molecule has 28 heavy (non-hydrogen) atoms. The number of halogens is 1. The van der Waals surface area contributed by atoms with E-state index in [-0.39, 0.29) is 24.2 Å². The van der Waals surface area contributed by atoms with Crippen LogP contribution in [0.1, 0.15) is 67.7 Å². The Bertz CT molecular complexity index is 873. The fourth-order valence-electron chi connectivity index (χ4n) is 3.25. The van der Waals surface area contributed by atoms with Gasteiger partial charge in [0.2, 0.25) is 11.8 Å².